The topological polar surface area (TPSA) is 62.4 Å². The van der Waals surface area contributed by atoms with Gasteiger partial charge >= 0.3 is 0 Å². The van der Waals surface area contributed by atoms with Crippen molar-refractivity contribution in [1.82, 2.24) is 9.88 Å². The third-order valence-corrected chi connectivity index (χ3v) is 3.88. The molecule has 0 bridgehead atoms. The standard InChI is InChI=1S/C14H23N3O/c1-3-8-17-9-5-14(18,6-10-17)12-11(2)4-7-16-13(12)15/h4,7,18H,3,5-6,8-10H2,1-2H3,(H2,15,16). The highest BCUT2D eigenvalue weighted by Gasteiger charge is 2.36. The van der Waals surface area contributed by atoms with Crippen LogP contribution in [0.15, 0.2) is 12.3 Å². The van der Waals surface area contributed by atoms with E-state index in [1.165, 1.54) is 0 Å². The summed E-state index contributed by atoms with van der Waals surface area (Å²) in [4.78, 5) is 6.52. The first-order valence-corrected chi connectivity index (χ1v) is 6.73. The van der Waals surface area contributed by atoms with E-state index >= 15 is 0 Å². The molecule has 1 fully saturated rings. The van der Waals surface area contributed by atoms with Crippen molar-refractivity contribution in [1.29, 1.82) is 0 Å². The molecular formula is C14H23N3O. The molecule has 1 aliphatic heterocycles. The van der Waals surface area contributed by atoms with Crippen LogP contribution >= 0.6 is 0 Å². The predicted octanol–water partition coefficient (Wildman–Crippen LogP) is 1.67. The SMILES string of the molecule is CCCN1CCC(O)(c2c(C)ccnc2N)CC1. The van der Waals surface area contributed by atoms with Crippen LogP contribution in [0.3, 0.4) is 0 Å². The number of aliphatic hydroxyl groups is 1. The van der Waals surface area contributed by atoms with Crippen molar-refractivity contribution in [3.63, 3.8) is 0 Å². The van der Waals surface area contributed by atoms with Crippen molar-refractivity contribution in [3.05, 3.63) is 23.4 Å². The van der Waals surface area contributed by atoms with E-state index in [1.54, 1.807) is 6.20 Å². The molecule has 0 unspecified atom stereocenters. The van der Waals surface area contributed by atoms with Gasteiger partial charge in [-0.3, -0.25) is 0 Å². The Morgan fingerprint density at radius 2 is 2.11 bits per heavy atom. The lowest BCUT2D eigenvalue weighted by atomic mass is 9.82. The average molecular weight is 249 g/mol. The number of aryl methyl sites for hydroxylation is 1. The third kappa shape index (κ3) is 2.49. The first-order chi connectivity index (χ1) is 8.57. The first-order valence-electron chi connectivity index (χ1n) is 6.73. The van der Waals surface area contributed by atoms with Crippen LogP contribution < -0.4 is 5.73 Å². The van der Waals surface area contributed by atoms with Gasteiger partial charge in [0, 0.05) is 24.8 Å². The molecule has 0 aromatic carbocycles. The molecule has 0 radical (unpaired) electrons. The lowest BCUT2D eigenvalue weighted by Crippen LogP contribution is -2.43. The zero-order chi connectivity index (χ0) is 13.2. The summed E-state index contributed by atoms with van der Waals surface area (Å²) in [6, 6.07) is 1.92. The molecule has 4 heteroatoms. The Morgan fingerprint density at radius 3 is 2.67 bits per heavy atom. The maximum atomic E-state index is 10.8. The van der Waals surface area contributed by atoms with Gasteiger partial charge in [0.1, 0.15) is 5.82 Å². The van der Waals surface area contributed by atoms with Gasteiger partial charge in [-0.1, -0.05) is 6.92 Å². The Kier molecular flexibility index (Phi) is 3.88. The number of likely N-dealkylation sites (tertiary alicyclic amines) is 1. The molecular weight excluding hydrogens is 226 g/mol. The highest BCUT2D eigenvalue weighted by Crippen LogP contribution is 2.37. The summed E-state index contributed by atoms with van der Waals surface area (Å²) in [7, 11) is 0. The van der Waals surface area contributed by atoms with E-state index in [0.29, 0.717) is 5.82 Å². The summed E-state index contributed by atoms with van der Waals surface area (Å²) in [6.07, 6.45) is 4.34. The van der Waals surface area contributed by atoms with Gasteiger partial charge in [-0.05, 0) is 44.4 Å². The molecule has 0 spiro atoms. The number of nitrogen functional groups attached to an aromatic ring is 1. The number of anilines is 1. The van der Waals surface area contributed by atoms with Crippen LogP contribution in [-0.4, -0.2) is 34.6 Å². The maximum absolute atomic E-state index is 10.8. The molecule has 100 valence electrons. The zero-order valence-electron chi connectivity index (χ0n) is 11.3. The largest absolute Gasteiger partial charge is 0.385 e. The molecule has 0 aliphatic carbocycles. The van der Waals surface area contributed by atoms with Crippen LogP contribution in [0.25, 0.3) is 0 Å². The van der Waals surface area contributed by atoms with Gasteiger partial charge in [-0.15, -0.1) is 0 Å². The highest BCUT2D eigenvalue weighted by atomic mass is 16.3. The van der Waals surface area contributed by atoms with Crippen molar-refractivity contribution < 1.29 is 5.11 Å². The molecule has 1 aliphatic rings. The minimum absolute atomic E-state index is 0.474. The minimum atomic E-state index is -0.799. The van der Waals surface area contributed by atoms with Crippen molar-refractivity contribution in [2.24, 2.45) is 0 Å². The molecule has 0 amide bonds. The van der Waals surface area contributed by atoms with E-state index < -0.39 is 5.60 Å². The molecule has 2 heterocycles. The summed E-state index contributed by atoms with van der Waals surface area (Å²) in [5.74, 6) is 0.474. The summed E-state index contributed by atoms with van der Waals surface area (Å²) in [6.45, 7) is 7.14. The number of hydrogen-bond acceptors (Lipinski definition) is 4. The van der Waals surface area contributed by atoms with Gasteiger partial charge in [-0.2, -0.15) is 0 Å². The monoisotopic (exact) mass is 249 g/mol. The van der Waals surface area contributed by atoms with Crippen molar-refractivity contribution in [3.8, 4) is 0 Å². The van der Waals surface area contributed by atoms with Gasteiger partial charge in [0.15, 0.2) is 0 Å². The van der Waals surface area contributed by atoms with Crippen LogP contribution in [0, 0.1) is 6.92 Å². The van der Waals surface area contributed by atoms with Crippen LogP contribution in [0.2, 0.25) is 0 Å². The Hall–Kier alpha value is -1.13. The Labute approximate surface area is 109 Å². The predicted molar refractivity (Wildman–Crippen MR) is 73.2 cm³/mol. The second-order valence-corrected chi connectivity index (χ2v) is 5.26. The number of piperidine rings is 1. The van der Waals surface area contributed by atoms with Crippen LogP contribution in [0.5, 0.6) is 0 Å². The minimum Gasteiger partial charge on any atom is -0.385 e. The second kappa shape index (κ2) is 5.24. The van der Waals surface area contributed by atoms with Gasteiger partial charge in [0.25, 0.3) is 0 Å². The lowest BCUT2D eigenvalue weighted by molar-refractivity contribution is -0.0258. The number of nitrogens with zero attached hydrogens (tertiary/aromatic N) is 2. The fourth-order valence-electron chi connectivity index (χ4n) is 2.90. The van der Waals surface area contributed by atoms with Crippen LogP contribution in [-0.2, 0) is 5.60 Å². The van der Waals surface area contributed by atoms with Crippen molar-refractivity contribution in [2.75, 3.05) is 25.4 Å². The number of nitrogens with two attached hydrogens (primary N) is 1. The number of pyridine rings is 1. The fourth-order valence-corrected chi connectivity index (χ4v) is 2.90. The lowest BCUT2D eigenvalue weighted by Gasteiger charge is -2.39. The molecule has 1 aromatic heterocycles. The van der Waals surface area contributed by atoms with Crippen LogP contribution in [0.1, 0.15) is 37.3 Å². The van der Waals surface area contributed by atoms with Gasteiger partial charge < -0.3 is 15.7 Å². The second-order valence-electron chi connectivity index (χ2n) is 5.26. The third-order valence-electron chi connectivity index (χ3n) is 3.88. The first kappa shape index (κ1) is 13.3. The molecule has 2 rings (SSSR count). The summed E-state index contributed by atoms with van der Waals surface area (Å²) < 4.78 is 0. The van der Waals surface area contributed by atoms with E-state index in [9.17, 15) is 5.11 Å². The highest BCUT2D eigenvalue weighted by molar-refractivity contribution is 5.48. The molecule has 18 heavy (non-hydrogen) atoms. The molecule has 3 N–H and O–H groups in total. The van der Waals surface area contributed by atoms with Gasteiger partial charge in [0.2, 0.25) is 0 Å². The summed E-state index contributed by atoms with van der Waals surface area (Å²) >= 11 is 0. The van der Waals surface area contributed by atoms with E-state index in [4.69, 9.17) is 5.73 Å². The van der Waals surface area contributed by atoms with E-state index in [2.05, 4.69) is 16.8 Å². The van der Waals surface area contributed by atoms with E-state index in [0.717, 1.165) is 50.0 Å². The quantitative estimate of drug-likeness (QED) is 0.855. The molecule has 1 aromatic rings. The normalized spacial score (nSPS) is 19.9. The van der Waals surface area contributed by atoms with Gasteiger partial charge in [0.05, 0.1) is 5.60 Å². The van der Waals surface area contributed by atoms with Crippen molar-refractivity contribution >= 4 is 5.82 Å². The fraction of sp³-hybridized carbons (Fsp3) is 0.643. The summed E-state index contributed by atoms with van der Waals surface area (Å²) in [5, 5.41) is 10.8. The number of hydrogen-bond donors (Lipinski definition) is 2. The number of aromatic nitrogens is 1. The van der Waals surface area contributed by atoms with Gasteiger partial charge in [-0.25, -0.2) is 4.98 Å². The van der Waals surface area contributed by atoms with Crippen molar-refractivity contribution in [2.45, 2.75) is 38.7 Å². The average Bonchev–Trinajstić information content (AvgIpc) is 2.32. The van der Waals surface area contributed by atoms with E-state index in [-0.39, 0.29) is 0 Å². The molecule has 4 nitrogen and oxygen atoms in total. The molecule has 0 atom stereocenters. The smallest absolute Gasteiger partial charge is 0.129 e. The Bertz CT molecular complexity index is 391. The summed E-state index contributed by atoms with van der Waals surface area (Å²) in [5.41, 5.74) is 7.02. The van der Waals surface area contributed by atoms with Crippen LogP contribution in [0.4, 0.5) is 5.82 Å². The Balaban J connectivity index is 2.18. The van der Waals surface area contributed by atoms with E-state index in [1.807, 2.05) is 13.0 Å². The zero-order valence-corrected chi connectivity index (χ0v) is 11.3. The Morgan fingerprint density at radius 1 is 1.44 bits per heavy atom. The number of rotatable bonds is 3. The molecule has 1 saturated heterocycles. The molecule has 0 saturated carbocycles. The maximum Gasteiger partial charge on any atom is 0.129 e.